The largest absolute Gasteiger partial charge is 0.394 e. The molecular weight excluding hydrogens is 299 g/mol. The van der Waals surface area contributed by atoms with Crippen LogP contribution >= 0.6 is 24.8 Å². The van der Waals surface area contributed by atoms with Gasteiger partial charge in [-0.05, 0) is 0 Å². The van der Waals surface area contributed by atoms with Gasteiger partial charge in [-0.15, -0.1) is 24.8 Å². The fourth-order valence-corrected chi connectivity index (χ4v) is 0.523. The molecule has 0 aromatic carbocycles. The van der Waals surface area contributed by atoms with Crippen LogP contribution in [0.1, 0.15) is 0 Å². The lowest BCUT2D eigenvalue weighted by atomic mass is 10.4. The van der Waals surface area contributed by atoms with E-state index in [0.717, 1.165) is 0 Å². The first-order chi connectivity index (χ1) is 6.61. The summed E-state index contributed by atoms with van der Waals surface area (Å²) in [5.41, 5.74) is 21.3. The van der Waals surface area contributed by atoms with Gasteiger partial charge in [-0.2, -0.15) is 18.4 Å². The predicted molar refractivity (Wildman–Crippen MR) is 68.4 cm³/mol. The van der Waals surface area contributed by atoms with Gasteiger partial charge in [0.15, 0.2) is 11.6 Å². The molecular formula is C4H12Cl2N6O4S. The highest BCUT2D eigenvalue weighted by Gasteiger charge is 2.02. The van der Waals surface area contributed by atoms with Crippen LogP contribution in [-0.4, -0.2) is 27.5 Å². The first-order valence-electron chi connectivity index (χ1n) is 3.25. The van der Waals surface area contributed by atoms with Gasteiger partial charge in [0.1, 0.15) is 5.69 Å². The molecule has 0 spiro atoms. The Morgan fingerprint density at radius 1 is 0.882 bits per heavy atom. The maximum atomic E-state index is 8.74. The SMILES string of the molecule is Cl.Cl.Nc1nc(N)c(N)c(N)n1.O=S(=O)(O)O. The monoisotopic (exact) mass is 310 g/mol. The molecule has 1 aromatic heterocycles. The predicted octanol–water partition coefficient (Wildman–Crippen LogP) is -1.00. The summed E-state index contributed by atoms with van der Waals surface area (Å²) < 4.78 is 31.6. The van der Waals surface area contributed by atoms with Gasteiger partial charge in [0.25, 0.3) is 0 Å². The fourth-order valence-electron chi connectivity index (χ4n) is 0.523. The van der Waals surface area contributed by atoms with Gasteiger partial charge >= 0.3 is 10.4 Å². The molecule has 13 heteroatoms. The molecule has 0 aliphatic rings. The molecule has 0 saturated carbocycles. The van der Waals surface area contributed by atoms with Crippen molar-refractivity contribution in [2.24, 2.45) is 0 Å². The molecule has 0 fully saturated rings. The van der Waals surface area contributed by atoms with Crippen molar-refractivity contribution < 1.29 is 17.5 Å². The van der Waals surface area contributed by atoms with Crippen molar-refractivity contribution >= 4 is 58.5 Å². The normalized spacial score (nSPS) is 9.06. The van der Waals surface area contributed by atoms with E-state index in [0.29, 0.717) is 0 Å². The van der Waals surface area contributed by atoms with Gasteiger partial charge in [-0.25, -0.2) is 0 Å². The van der Waals surface area contributed by atoms with E-state index in [1.807, 2.05) is 0 Å². The summed E-state index contributed by atoms with van der Waals surface area (Å²) in [6, 6.07) is 0. The smallest absolute Gasteiger partial charge is 0.393 e. The molecule has 1 heterocycles. The number of aromatic nitrogens is 2. The first-order valence-corrected chi connectivity index (χ1v) is 4.64. The van der Waals surface area contributed by atoms with Crippen molar-refractivity contribution in [2.45, 2.75) is 0 Å². The topological polar surface area (TPSA) is 204 Å². The van der Waals surface area contributed by atoms with Gasteiger partial charge in [-0.3, -0.25) is 9.11 Å². The van der Waals surface area contributed by atoms with Crippen LogP contribution in [0.2, 0.25) is 0 Å². The molecule has 10 nitrogen and oxygen atoms in total. The lowest BCUT2D eigenvalue weighted by molar-refractivity contribution is 0.381. The fraction of sp³-hybridized carbons (Fsp3) is 0. The zero-order chi connectivity index (χ0) is 12.2. The average Bonchev–Trinajstić information content (AvgIpc) is 1.96. The number of nitrogens with two attached hydrogens (primary N) is 4. The van der Waals surface area contributed by atoms with Crippen LogP contribution in [0.25, 0.3) is 0 Å². The summed E-state index contributed by atoms with van der Waals surface area (Å²) in [6.45, 7) is 0. The van der Waals surface area contributed by atoms with E-state index in [1.54, 1.807) is 0 Å². The first kappa shape index (κ1) is 21.1. The summed E-state index contributed by atoms with van der Waals surface area (Å²) in [4.78, 5) is 7.15. The van der Waals surface area contributed by atoms with Crippen molar-refractivity contribution in [2.75, 3.05) is 22.9 Å². The van der Waals surface area contributed by atoms with E-state index in [1.165, 1.54) is 0 Å². The Balaban J connectivity index is -0.000000247. The van der Waals surface area contributed by atoms with E-state index in [2.05, 4.69) is 9.97 Å². The molecule has 1 aromatic rings. The molecule has 0 radical (unpaired) electrons. The van der Waals surface area contributed by atoms with Gasteiger partial charge in [0.05, 0.1) is 0 Å². The summed E-state index contributed by atoms with van der Waals surface area (Å²) in [7, 11) is -4.67. The van der Waals surface area contributed by atoms with Crippen molar-refractivity contribution in [3.05, 3.63) is 0 Å². The maximum Gasteiger partial charge on any atom is 0.394 e. The van der Waals surface area contributed by atoms with Gasteiger partial charge < -0.3 is 22.9 Å². The quantitative estimate of drug-likeness (QED) is 0.322. The minimum Gasteiger partial charge on any atom is -0.393 e. The number of nitrogen functional groups attached to an aromatic ring is 4. The number of nitrogens with zero attached hydrogens (tertiary/aromatic N) is 2. The molecule has 0 bridgehead atoms. The Hall–Kier alpha value is -1.27. The summed E-state index contributed by atoms with van der Waals surface area (Å²) in [5, 5.41) is 0. The highest BCUT2D eigenvalue weighted by molar-refractivity contribution is 7.79. The number of anilines is 4. The van der Waals surface area contributed by atoms with E-state index >= 15 is 0 Å². The minimum atomic E-state index is -4.67. The molecule has 0 aliphatic carbocycles. The Labute approximate surface area is 109 Å². The van der Waals surface area contributed by atoms with Crippen LogP contribution in [0.4, 0.5) is 23.3 Å². The van der Waals surface area contributed by atoms with Crippen LogP contribution in [-0.2, 0) is 10.4 Å². The molecule has 1 rings (SSSR count). The molecule has 0 amide bonds. The highest BCUT2D eigenvalue weighted by atomic mass is 35.5. The second-order valence-electron chi connectivity index (χ2n) is 2.21. The van der Waals surface area contributed by atoms with E-state index in [4.69, 9.17) is 40.5 Å². The number of rotatable bonds is 0. The summed E-state index contributed by atoms with van der Waals surface area (Å²) in [5.74, 6) is 0.263. The summed E-state index contributed by atoms with van der Waals surface area (Å²) >= 11 is 0. The molecule has 10 N–H and O–H groups in total. The van der Waals surface area contributed by atoms with Crippen LogP contribution in [0.15, 0.2) is 0 Å². The zero-order valence-electron chi connectivity index (χ0n) is 8.14. The molecule has 102 valence electrons. The van der Waals surface area contributed by atoms with Gasteiger partial charge in [0, 0.05) is 0 Å². The van der Waals surface area contributed by atoms with E-state index in [-0.39, 0.29) is 48.1 Å². The third-order valence-corrected chi connectivity index (χ3v) is 1.02. The zero-order valence-corrected chi connectivity index (χ0v) is 10.6. The van der Waals surface area contributed by atoms with Crippen LogP contribution in [0, 0.1) is 0 Å². The lowest BCUT2D eigenvalue weighted by Gasteiger charge is -2.01. The molecule has 0 atom stereocenters. The Kier molecular flexibility index (Phi) is 9.81. The second kappa shape index (κ2) is 7.92. The van der Waals surface area contributed by atoms with Crippen molar-refractivity contribution in [1.82, 2.24) is 9.97 Å². The Morgan fingerprint density at radius 2 is 1.12 bits per heavy atom. The van der Waals surface area contributed by atoms with Crippen LogP contribution < -0.4 is 22.9 Å². The Morgan fingerprint density at radius 3 is 1.35 bits per heavy atom. The second-order valence-corrected chi connectivity index (χ2v) is 3.11. The molecule has 0 saturated heterocycles. The van der Waals surface area contributed by atoms with Crippen molar-refractivity contribution in [1.29, 1.82) is 0 Å². The third-order valence-electron chi connectivity index (χ3n) is 1.02. The Bertz CT molecular complexity index is 422. The van der Waals surface area contributed by atoms with Crippen molar-refractivity contribution in [3.63, 3.8) is 0 Å². The van der Waals surface area contributed by atoms with Gasteiger partial charge in [-0.1, -0.05) is 0 Å². The highest BCUT2D eigenvalue weighted by Crippen LogP contribution is 2.17. The van der Waals surface area contributed by atoms with Crippen LogP contribution in [0.3, 0.4) is 0 Å². The van der Waals surface area contributed by atoms with Crippen molar-refractivity contribution in [3.8, 4) is 0 Å². The maximum absolute atomic E-state index is 8.74. The average molecular weight is 311 g/mol. The van der Waals surface area contributed by atoms with Gasteiger partial charge in [0.2, 0.25) is 5.95 Å². The number of halogens is 2. The molecule has 17 heavy (non-hydrogen) atoms. The third kappa shape index (κ3) is 11.0. The molecule has 0 unspecified atom stereocenters. The summed E-state index contributed by atoms with van der Waals surface area (Å²) in [6.07, 6.45) is 0. The standard InChI is InChI=1S/C4H8N6.2ClH.H2O4S/c5-1-2(6)9-4(8)10-3(1)7;;;1-5(2,3)4/h5H2,(H6,6,7,8,9,10);2*1H;(H2,1,2,3,4). The lowest BCUT2D eigenvalue weighted by Crippen LogP contribution is -2.07. The van der Waals surface area contributed by atoms with E-state index in [9.17, 15) is 0 Å². The number of hydrogen-bond acceptors (Lipinski definition) is 8. The van der Waals surface area contributed by atoms with E-state index < -0.39 is 10.4 Å². The molecule has 0 aliphatic heterocycles. The number of hydrogen-bond donors (Lipinski definition) is 6. The minimum absolute atomic E-state index is 0. The van der Waals surface area contributed by atoms with Crippen LogP contribution in [0.5, 0.6) is 0 Å².